The third kappa shape index (κ3) is 5.32. The molecule has 4 aromatic rings. The fraction of sp³-hybridized carbons (Fsp3) is 0.276. The van der Waals surface area contributed by atoms with Gasteiger partial charge in [0.15, 0.2) is 6.04 Å². The van der Waals surface area contributed by atoms with Crippen molar-refractivity contribution in [3.63, 3.8) is 0 Å². The van der Waals surface area contributed by atoms with E-state index >= 15 is 0 Å². The van der Waals surface area contributed by atoms with Gasteiger partial charge in [-0.2, -0.15) is 5.26 Å². The largest absolute Gasteiger partial charge is 0.467 e. The van der Waals surface area contributed by atoms with Crippen molar-refractivity contribution in [3.8, 4) is 6.07 Å². The Bertz CT molecular complexity index is 1660. The zero-order valence-corrected chi connectivity index (χ0v) is 22.7. The van der Waals surface area contributed by atoms with Gasteiger partial charge < -0.3 is 20.7 Å². The van der Waals surface area contributed by atoms with Gasteiger partial charge in [0.05, 0.1) is 30.9 Å². The number of nitrogens with one attached hydrogen (secondary N) is 1. The van der Waals surface area contributed by atoms with Crippen molar-refractivity contribution >= 4 is 39.4 Å². The number of carbonyl (C=O) groups excluding carboxylic acids is 2. The highest BCUT2D eigenvalue weighted by Crippen LogP contribution is 2.27. The number of anilines is 1. The number of aromatic nitrogens is 2. The Labute approximate surface area is 234 Å². The van der Waals surface area contributed by atoms with Gasteiger partial charge in [-0.05, 0) is 30.0 Å². The quantitative estimate of drug-likeness (QED) is 0.331. The molecule has 11 heteroatoms. The summed E-state index contributed by atoms with van der Waals surface area (Å²) in [5.74, 6) is -0.778. The number of benzene rings is 2. The van der Waals surface area contributed by atoms with Crippen LogP contribution in [0.2, 0.25) is 0 Å². The molecule has 1 saturated heterocycles. The lowest BCUT2D eigenvalue weighted by Crippen LogP contribution is -2.45. The van der Waals surface area contributed by atoms with Crippen LogP contribution in [0.1, 0.15) is 45.9 Å². The van der Waals surface area contributed by atoms with E-state index in [2.05, 4.69) is 11.4 Å². The molecule has 0 spiro atoms. The first-order valence-corrected chi connectivity index (χ1v) is 13.7. The van der Waals surface area contributed by atoms with Gasteiger partial charge in [-0.1, -0.05) is 48.5 Å². The molecule has 0 radical (unpaired) electrons. The molecule has 40 heavy (non-hydrogen) atoms. The molecule has 2 aromatic heterocycles. The molecule has 1 aliphatic heterocycles. The predicted molar refractivity (Wildman–Crippen MR) is 152 cm³/mol. The maximum absolute atomic E-state index is 13.9. The molecule has 5 rings (SSSR count). The van der Waals surface area contributed by atoms with Crippen LogP contribution in [0, 0.1) is 11.3 Å². The van der Waals surface area contributed by atoms with Crippen LogP contribution < -0.4 is 21.5 Å². The minimum atomic E-state index is -1.03. The number of nitrogens with two attached hydrogens (primary N) is 1. The van der Waals surface area contributed by atoms with Crippen LogP contribution in [0.3, 0.4) is 0 Å². The van der Waals surface area contributed by atoms with E-state index in [1.54, 1.807) is 46.3 Å². The summed E-state index contributed by atoms with van der Waals surface area (Å²) in [5, 5.41) is 13.9. The standard InChI is InChI=1S/C29H28N6O4S/c1-39-28(38)23(18-8-3-2-4-9-18)32-26(36)22-17-40-25-24(22)33-29(34-13-7-12-21(31)16-34)35(27(25)37)15-20-11-6-5-10-19(20)14-30/h2-6,8-11,17,21,23H,7,12-13,15-16,31H2,1H3,(H,32,36)/t21-,23+/m1/s1. The van der Waals surface area contributed by atoms with Gasteiger partial charge >= 0.3 is 5.97 Å². The van der Waals surface area contributed by atoms with Gasteiger partial charge in [-0.15, -0.1) is 11.3 Å². The Morgan fingerprint density at radius 3 is 2.70 bits per heavy atom. The van der Waals surface area contributed by atoms with Crippen molar-refractivity contribution in [2.24, 2.45) is 5.73 Å². The maximum Gasteiger partial charge on any atom is 0.333 e. The van der Waals surface area contributed by atoms with Gasteiger partial charge in [0, 0.05) is 24.5 Å². The fourth-order valence-corrected chi connectivity index (χ4v) is 5.85. The van der Waals surface area contributed by atoms with Crippen LogP contribution in [0.25, 0.3) is 10.2 Å². The van der Waals surface area contributed by atoms with Gasteiger partial charge in [0.1, 0.15) is 10.2 Å². The molecular formula is C29H28N6O4S. The Kier molecular flexibility index (Phi) is 7.91. The van der Waals surface area contributed by atoms with E-state index in [-0.39, 0.29) is 29.2 Å². The van der Waals surface area contributed by atoms with E-state index in [0.29, 0.717) is 40.4 Å². The van der Waals surface area contributed by atoms with Gasteiger partial charge in [0.2, 0.25) is 5.95 Å². The van der Waals surface area contributed by atoms with Crippen LogP contribution in [0.5, 0.6) is 0 Å². The van der Waals surface area contributed by atoms with Gasteiger partial charge in [-0.25, -0.2) is 9.78 Å². The number of thiophene rings is 1. The molecule has 3 N–H and O–H groups in total. The molecule has 204 valence electrons. The van der Waals surface area contributed by atoms with Crippen molar-refractivity contribution in [2.45, 2.75) is 31.5 Å². The van der Waals surface area contributed by atoms with Crippen LogP contribution >= 0.6 is 11.3 Å². The lowest BCUT2D eigenvalue weighted by Gasteiger charge is -2.33. The number of nitrogens with zero attached hydrogens (tertiary/aromatic N) is 4. The van der Waals surface area contributed by atoms with E-state index in [9.17, 15) is 19.6 Å². The molecule has 2 aromatic carbocycles. The summed E-state index contributed by atoms with van der Waals surface area (Å²) in [5.41, 5.74) is 8.12. The number of piperidine rings is 1. The summed E-state index contributed by atoms with van der Waals surface area (Å²) in [7, 11) is 1.26. The molecule has 3 heterocycles. The van der Waals surface area contributed by atoms with Crippen molar-refractivity contribution in [1.82, 2.24) is 14.9 Å². The third-order valence-corrected chi connectivity index (χ3v) is 7.91. The summed E-state index contributed by atoms with van der Waals surface area (Å²) < 4.78 is 6.79. The van der Waals surface area contributed by atoms with Crippen molar-refractivity contribution < 1.29 is 14.3 Å². The summed E-state index contributed by atoms with van der Waals surface area (Å²) in [6, 6.07) is 17.0. The van der Waals surface area contributed by atoms with Crippen LogP contribution in [0.15, 0.2) is 64.8 Å². The van der Waals surface area contributed by atoms with Crippen molar-refractivity contribution in [2.75, 3.05) is 25.1 Å². The molecule has 10 nitrogen and oxygen atoms in total. The molecule has 1 amide bonds. The number of ether oxygens (including phenoxy) is 1. The highest BCUT2D eigenvalue weighted by Gasteiger charge is 2.28. The van der Waals surface area contributed by atoms with E-state index < -0.39 is 17.9 Å². The molecule has 0 saturated carbocycles. The lowest BCUT2D eigenvalue weighted by atomic mass is 10.1. The second-order valence-electron chi connectivity index (χ2n) is 9.59. The minimum Gasteiger partial charge on any atom is -0.467 e. The molecular weight excluding hydrogens is 528 g/mol. The monoisotopic (exact) mass is 556 g/mol. The number of hydrogen-bond donors (Lipinski definition) is 2. The van der Waals surface area contributed by atoms with Crippen LogP contribution in [-0.2, 0) is 16.1 Å². The second kappa shape index (κ2) is 11.7. The number of nitriles is 1. The number of esters is 1. The number of methoxy groups -OCH3 is 1. The number of carbonyl (C=O) groups is 2. The van der Waals surface area contributed by atoms with Crippen LogP contribution in [-0.4, -0.2) is 47.7 Å². The molecule has 0 unspecified atom stereocenters. The topological polar surface area (TPSA) is 143 Å². The average molecular weight is 557 g/mol. The van der Waals surface area contributed by atoms with Crippen molar-refractivity contribution in [1.29, 1.82) is 5.26 Å². The summed E-state index contributed by atoms with van der Waals surface area (Å²) in [4.78, 5) is 46.8. The van der Waals surface area contributed by atoms with E-state index in [0.717, 1.165) is 24.2 Å². The number of amides is 1. The molecule has 1 fully saturated rings. The third-order valence-electron chi connectivity index (χ3n) is 6.95. The predicted octanol–water partition coefficient (Wildman–Crippen LogP) is 2.95. The van der Waals surface area contributed by atoms with Crippen LogP contribution in [0.4, 0.5) is 5.95 Å². The summed E-state index contributed by atoms with van der Waals surface area (Å²) in [6.45, 7) is 1.29. The van der Waals surface area contributed by atoms with E-state index in [1.165, 1.54) is 7.11 Å². The number of hydrogen-bond acceptors (Lipinski definition) is 9. The number of rotatable bonds is 7. The minimum absolute atomic E-state index is 0.0851. The summed E-state index contributed by atoms with van der Waals surface area (Å²) in [6.07, 6.45) is 1.69. The Morgan fingerprint density at radius 2 is 1.98 bits per heavy atom. The highest BCUT2D eigenvalue weighted by molar-refractivity contribution is 7.17. The zero-order valence-electron chi connectivity index (χ0n) is 21.9. The number of fused-ring (bicyclic) bond motifs is 1. The Hall–Kier alpha value is -4.53. The molecule has 0 aliphatic carbocycles. The lowest BCUT2D eigenvalue weighted by molar-refractivity contribution is -0.143. The van der Waals surface area contributed by atoms with Gasteiger partial charge in [0.25, 0.3) is 11.5 Å². The van der Waals surface area contributed by atoms with Crippen molar-refractivity contribution in [3.05, 3.63) is 92.6 Å². The van der Waals surface area contributed by atoms with Gasteiger partial charge in [-0.3, -0.25) is 14.2 Å². The Morgan fingerprint density at radius 1 is 1.23 bits per heavy atom. The van der Waals surface area contributed by atoms with E-state index in [4.69, 9.17) is 15.5 Å². The van der Waals surface area contributed by atoms with E-state index in [1.807, 2.05) is 23.1 Å². The molecule has 1 aliphatic rings. The first kappa shape index (κ1) is 27.1. The zero-order chi connectivity index (χ0) is 28.2. The Balaban J connectivity index is 1.59. The SMILES string of the molecule is COC(=O)[C@@H](NC(=O)c1csc2c(=O)n(Cc3ccccc3C#N)c(N3CCC[C@@H](N)C3)nc12)c1ccccc1. The highest BCUT2D eigenvalue weighted by atomic mass is 32.1. The first-order chi connectivity index (χ1) is 19.4. The average Bonchev–Trinajstić information content (AvgIpc) is 3.42. The normalized spacial score (nSPS) is 15.8. The molecule has 0 bridgehead atoms. The second-order valence-corrected chi connectivity index (χ2v) is 10.5. The smallest absolute Gasteiger partial charge is 0.333 e. The summed E-state index contributed by atoms with van der Waals surface area (Å²) >= 11 is 1.12. The first-order valence-electron chi connectivity index (χ1n) is 12.9. The maximum atomic E-state index is 13.9. The fourth-order valence-electron chi connectivity index (χ4n) is 4.91. The molecule has 2 atom stereocenters.